The first-order valence-electron chi connectivity index (χ1n) is 5.61. The number of ether oxygens (including phenoxy) is 2. The molecule has 1 rings (SSSR count). The van der Waals surface area contributed by atoms with Gasteiger partial charge in [-0.15, -0.1) is 0 Å². The smallest absolute Gasteiger partial charge is 0.229 e. The molecule has 1 fully saturated rings. The first kappa shape index (κ1) is 11.9. The highest BCUT2D eigenvalue weighted by Crippen LogP contribution is 2.07. The molecular weight excluding hydrogens is 180 g/mol. The number of nitrogens with zero attached hydrogens (tertiary/aromatic N) is 1. The van der Waals surface area contributed by atoms with Crippen LogP contribution in [0.3, 0.4) is 0 Å². The quantitative estimate of drug-likeness (QED) is 0.659. The van der Waals surface area contributed by atoms with Gasteiger partial charge in [-0.25, -0.2) is 10.4 Å². The van der Waals surface area contributed by atoms with Crippen LogP contribution in [0.4, 0.5) is 0 Å². The van der Waals surface area contributed by atoms with Crippen LogP contribution in [-0.2, 0) is 9.47 Å². The lowest BCUT2D eigenvalue weighted by Crippen LogP contribution is -2.49. The van der Waals surface area contributed by atoms with E-state index in [9.17, 15) is 0 Å². The number of hydrogen-bond acceptors (Lipinski definition) is 4. The van der Waals surface area contributed by atoms with Crippen molar-refractivity contribution in [2.24, 2.45) is 0 Å². The van der Waals surface area contributed by atoms with E-state index in [-0.39, 0.29) is 6.41 Å². The van der Waals surface area contributed by atoms with Crippen molar-refractivity contribution >= 4 is 0 Å². The fraction of sp³-hybridized carbons (Fsp3) is 1.00. The van der Waals surface area contributed by atoms with Gasteiger partial charge in [0.1, 0.15) is 0 Å². The van der Waals surface area contributed by atoms with Gasteiger partial charge in [-0.1, -0.05) is 6.42 Å². The summed E-state index contributed by atoms with van der Waals surface area (Å²) in [5.41, 5.74) is 3.25. The first-order valence-corrected chi connectivity index (χ1v) is 5.61. The Labute approximate surface area is 86.5 Å². The maximum absolute atomic E-state index is 5.41. The third-order valence-corrected chi connectivity index (χ3v) is 2.28. The monoisotopic (exact) mass is 202 g/mol. The minimum atomic E-state index is -0.275. The molecule has 0 bridgehead atoms. The molecule has 0 aliphatic carbocycles. The standard InChI is InChI=1S/C10H22N2O2/c1-3-13-10(14-4-2)11-12-8-6-5-7-9-12/h10-11H,3-9H2,1-2H3. The lowest BCUT2D eigenvalue weighted by atomic mass is 10.2. The molecule has 14 heavy (non-hydrogen) atoms. The first-order chi connectivity index (χ1) is 6.86. The fourth-order valence-corrected chi connectivity index (χ4v) is 1.60. The van der Waals surface area contributed by atoms with Gasteiger partial charge in [-0.2, -0.15) is 0 Å². The van der Waals surface area contributed by atoms with Gasteiger partial charge in [0, 0.05) is 26.3 Å². The largest absolute Gasteiger partial charge is 0.339 e. The van der Waals surface area contributed by atoms with Crippen molar-refractivity contribution in [3.63, 3.8) is 0 Å². The molecule has 0 spiro atoms. The molecule has 0 aromatic carbocycles. The fourth-order valence-electron chi connectivity index (χ4n) is 1.60. The molecule has 0 atom stereocenters. The van der Waals surface area contributed by atoms with Gasteiger partial charge in [0.05, 0.1) is 0 Å². The maximum Gasteiger partial charge on any atom is 0.229 e. The van der Waals surface area contributed by atoms with Crippen LogP contribution in [0.5, 0.6) is 0 Å². The lowest BCUT2D eigenvalue weighted by Gasteiger charge is -2.30. The molecule has 0 aromatic heterocycles. The van der Waals surface area contributed by atoms with Crippen molar-refractivity contribution in [2.75, 3.05) is 26.3 Å². The summed E-state index contributed by atoms with van der Waals surface area (Å²) >= 11 is 0. The normalized spacial score (nSPS) is 19.1. The number of rotatable bonds is 6. The molecule has 1 N–H and O–H groups in total. The van der Waals surface area contributed by atoms with Gasteiger partial charge >= 0.3 is 0 Å². The SMILES string of the molecule is CCOC(NN1CCCCC1)OCC. The second kappa shape index (κ2) is 7.17. The average molecular weight is 202 g/mol. The molecule has 4 heteroatoms. The van der Waals surface area contributed by atoms with Crippen molar-refractivity contribution in [1.82, 2.24) is 10.4 Å². The van der Waals surface area contributed by atoms with Crippen LogP contribution in [0.15, 0.2) is 0 Å². The van der Waals surface area contributed by atoms with Gasteiger partial charge in [-0.05, 0) is 26.7 Å². The molecule has 0 amide bonds. The van der Waals surface area contributed by atoms with E-state index in [0.29, 0.717) is 13.2 Å². The van der Waals surface area contributed by atoms with E-state index in [1.807, 2.05) is 13.8 Å². The lowest BCUT2D eigenvalue weighted by molar-refractivity contribution is -0.186. The summed E-state index contributed by atoms with van der Waals surface area (Å²) in [7, 11) is 0. The highest BCUT2D eigenvalue weighted by atomic mass is 16.7. The summed E-state index contributed by atoms with van der Waals surface area (Å²) < 4.78 is 10.8. The van der Waals surface area contributed by atoms with E-state index >= 15 is 0 Å². The summed E-state index contributed by atoms with van der Waals surface area (Å²) in [6.45, 7) is 7.48. The number of nitrogens with one attached hydrogen (secondary N) is 1. The average Bonchev–Trinajstić information content (AvgIpc) is 2.20. The van der Waals surface area contributed by atoms with Gasteiger partial charge < -0.3 is 9.47 Å². The second-order valence-electron chi connectivity index (χ2n) is 3.42. The Hall–Kier alpha value is -0.160. The molecule has 1 saturated heterocycles. The zero-order chi connectivity index (χ0) is 10.2. The van der Waals surface area contributed by atoms with E-state index < -0.39 is 0 Å². The van der Waals surface area contributed by atoms with Crippen LogP contribution in [0.25, 0.3) is 0 Å². The van der Waals surface area contributed by atoms with Gasteiger partial charge in [-0.3, -0.25) is 0 Å². The van der Waals surface area contributed by atoms with Crippen molar-refractivity contribution in [3.8, 4) is 0 Å². The van der Waals surface area contributed by atoms with Crippen molar-refractivity contribution in [2.45, 2.75) is 39.5 Å². The van der Waals surface area contributed by atoms with Gasteiger partial charge in [0.25, 0.3) is 0 Å². The van der Waals surface area contributed by atoms with E-state index in [1.54, 1.807) is 0 Å². The Morgan fingerprint density at radius 2 is 1.64 bits per heavy atom. The molecule has 0 saturated carbocycles. The molecule has 0 unspecified atom stereocenters. The summed E-state index contributed by atoms with van der Waals surface area (Å²) in [5, 5.41) is 2.19. The van der Waals surface area contributed by atoms with Crippen LogP contribution < -0.4 is 5.43 Å². The molecule has 1 aliphatic rings. The highest BCUT2D eigenvalue weighted by molar-refractivity contribution is 4.60. The Bertz CT molecular complexity index is 132. The Morgan fingerprint density at radius 3 is 2.14 bits per heavy atom. The van der Waals surface area contributed by atoms with E-state index in [0.717, 1.165) is 13.1 Å². The van der Waals surface area contributed by atoms with Crippen molar-refractivity contribution in [1.29, 1.82) is 0 Å². The van der Waals surface area contributed by atoms with Gasteiger partial charge in [0.2, 0.25) is 6.41 Å². The third-order valence-electron chi connectivity index (χ3n) is 2.28. The molecule has 84 valence electrons. The maximum atomic E-state index is 5.41. The zero-order valence-electron chi connectivity index (χ0n) is 9.29. The minimum absolute atomic E-state index is 0.275. The molecule has 1 aliphatic heterocycles. The van der Waals surface area contributed by atoms with E-state index in [1.165, 1.54) is 19.3 Å². The Kier molecular flexibility index (Phi) is 6.10. The minimum Gasteiger partial charge on any atom is -0.339 e. The van der Waals surface area contributed by atoms with Crippen LogP contribution >= 0.6 is 0 Å². The van der Waals surface area contributed by atoms with Crippen LogP contribution in [0.1, 0.15) is 33.1 Å². The third kappa shape index (κ3) is 4.37. The summed E-state index contributed by atoms with van der Waals surface area (Å²) in [5.74, 6) is 0. The molecule has 0 radical (unpaired) electrons. The van der Waals surface area contributed by atoms with E-state index in [2.05, 4.69) is 10.4 Å². The number of piperidine rings is 1. The molecule has 0 aromatic rings. The number of hydrazine groups is 1. The Morgan fingerprint density at radius 1 is 1.07 bits per heavy atom. The van der Waals surface area contributed by atoms with E-state index in [4.69, 9.17) is 9.47 Å². The predicted molar refractivity (Wildman–Crippen MR) is 55.6 cm³/mol. The highest BCUT2D eigenvalue weighted by Gasteiger charge is 2.15. The van der Waals surface area contributed by atoms with Crippen LogP contribution in [0, 0.1) is 0 Å². The predicted octanol–water partition coefficient (Wildman–Crippen LogP) is 1.33. The van der Waals surface area contributed by atoms with Crippen molar-refractivity contribution in [3.05, 3.63) is 0 Å². The number of hydrogen-bond donors (Lipinski definition) is 1. The molecular formula is C10H22N2O2. The Balaban J connectivity index is 2.21. The van der Waals surface area contributed by atoms with Crippen LogP contribution in [-0.4, -0.2) is 37.7 Å². The summed E-state index contributed by atoms with van der Waals surface area (Å²) in [6, 6.07) is 0. The molecule has 4 nitrogen and oxygen atoms in total. The topological polar surface area (TPSA) is 33.7 Å². The second-order valence-corrected chi connectivity index (χ2v) is 3.42. The van der Waals surface area contributed by atoms with Gasteiger partial charge in [0.15, 0.2) is 0 Å². The summed E-state index contributed by atoms with van der Waals surface area (Å²) in [6.07, 6.45) is 3.59. The zero-order valence-corrected chi connectivity index (χ0v) is 9.29. The van der Waals surface area contributed by atoms with Crippen LogP contribution in [0.2, 0.25) is 0 Å². The van der Waals surface area contributed by atoms with Crippen molar-refractivity contribution < 1.29 is 9.47 Å². The molecule has 1 heterocycles. The summed E-state index contributed by atoms with van der Waals surface area (Å²) in [4.78, 5) is 0.